The van der Waals surface area contributed by atoms with Crippen LogP contribution in [0.2, 0.25) is 5.02 Å². The fourth-order valence-electron chi connectivity index (χ4n) is 0.913. The van der Waals surface area contributed by atoms with Crippen LogP contribution in [-0.4, -0.2) is 28.1 Å². The smallest absolute Gasteiger partial charge is 0.268 e. The summed E-state index contributed by atoms with van der Waals surface area (Å²) in [5.74, 6) is -0.282. The minimum absolute atomic E-state index is 0.118. The van der Waals surface area contributed by atoms with Crippen molar-refractivity contribution in [3.8, 4) is 0 Å². The van der Waals surface area contributed by atoms with Crippen LogP contribution < -0.4 is 5.32 Å². The van der Waals surface area contributed by atoms with E-state index in [9.17, 15) is 4.79 Å². The van der Waals surface area contributed by atoms with Gasteiger partial charge >= 0.3 is 0 Å². The van der Waals surface area contributed by atoms with E-state index < -0.39 is 5.54 Å². The Morgan fingerprint density at radius 1 is 1.71 bits per heavy atom. The van der Waals surface area contributed by atoms with Gasteiger partial charge in [-0.25, -0.2) is 0 Å². The second-order valence-electron chi connectivity index (χ2n) is 3.73. The van der Waals surface area contributed by atoms with Crippen LogP contribution in [-0.2, 0) is 0 Å². The first kappa shape index (κ1) is 11.1. The first-order valence-corrected chi connectivity index (χ1v) is 4.60. The highest BCUT2D eigenvalue weighted by Crippen LogP contribution is 2.10. The Morgan fingerprint density at radius 3 is 2.79 bits per heavy atom. The third-order valence-electron chi connectivity index (χ3n) is 1.74. The summed E-state index contributed by atoms with van der Waals surface area (Å²) in [5, 5.41) is 12.1. The molecule has 0 aliphatic rings. The summed E-state index contributed by atoms with van der Waals surface area (Å²) in [5.41, 5.74) is -0.245. The number of halogens is 1. The number of carbonyl (C=O) groups is 1. The molecule has 0 unspecified atom stereocenters. The van der Waals surface area contributed by atoms with Crippen LogP contribution in [0.4, 0.5) is 0 Å². The number of aromatic amines is 1. The van der Waals surface area contributed by atoms with Gasteiger partial charge in [-0.15, -0.1) is 0 Å². The summed E-state index contributed by atoms with van der Waals surface area (Å²) in [4.78, 5) is 14.2. The highest BCUT2D eigenvalue weighted by Gasteiger charge is 2.20. The first-order chi connectivity index (χ1) is 6.44. The quantitative estimate of drug-likeness (QED) is 0.710. The summed E-state index contributed by atoms with van der Waals surface area (Å²) in [6.07, 6.45) is 1.53. The number of hydrogen-bond donors (Lipinski definition) is 3. The minimum Gasteiger partial charge on any atom is -0.394 e. The average Bonchev–Trinajstić information content (AvgIpc) is 2.51. The first-order valence-electron chi connectivity index (χ1n) is 4.22. The lowest BCUT2D eigenvalue weighted by atomic mass is 10.1. The molecule has 1 amide bonds. The molecule has 3 N–H and O–H groups in total. The van der Waals surface area contributed by atoms with Crippen molar-refractivity contribution in [1.29, 1.82) is 0 Å². The number of aliphatic hydroxyl groups excluding tert-OH is 1. The molecule has 0 spiro atoms. The van der Waals surface area contributed by atoms with E-state index in [1.54, 1.807) is 13.8 Å². The number of aliphatic hydroxyl groups is 1. The van der Waals surface area contributed by atoms with Crippen molar-refractivity contribution in [2.75, 3.05) is 6.61 Å². The molecule has 4 nitrogen and oxygen atoms in total. The average molecular weight is 217 g/mol. The largest absolute Gasteiger partial charge is 0.394 e. The van der Waals surface area contributed by atoms with E-state index in [2.05, 4.69) is 10.3 Å². The van der Waals surface area contributed by atoms with Crippen LogP contribution in [0.5, 0.6) is 0 Å². The molecule has 0 aromatic carbocycles. The Bertz CT molecular complexity index is 333. The monoisotopic (exact) mass is 216 g/mol. The van der Waals surface area contributed by atoms with E-state index in [4.69, 9.17) is 16.7 Å². The molecule has 1 rings (SSSR count). The van der Waals surface area contributed by atoms with Crippen molar-refractivity contribution in [3.63, 3.8) is 0 Å². The van der Waals surface area contributed by atoms with Crippen LogP contribution >= 0.6 is 11.6 Å². The number of hydrogen-bond acceptors (Lipinski definition) is 2. The van der Waals surface area contributed by atoms with Gasteiger partial charge in [-0.1, -0.05) is 11.6 Å². The van der Waals surface area contributed by atoms with E-state index in [-0.39, 0.29) is 12.5 Å². The minimum atomic E-state index is -0.630. The molecular weight excluding hydrogens is 204 g/mol. The number of amides is 1. The summed E-state index contributed by atoms with van der Waals surface area (Å²) < 4.78 is 0. The van der Waals surface area contributed by atoms with Gasteiger partial charge in [0.15, 0.2) is 0 Å². The summed E-state index contributed by atoms with van der Waals surface area (Å²) in [7, 11) is 0. The van der Waals surface area contributed by atoms with Crippen molar-refractivity contribution in [2.24, 2.45) is 0 Å². The topological polar surface area (TPSA) is 65.1 Å². The zero-order chi connectivity index (χ0) is 10.8. The molecular formula is C9H13ClN2O2. The van der Waals surface area contributed by atoms with Gasteiger partial charge in [0, 0.05) is 6.20 Å². The fraction of sp³-hybridized carbons (Fsp3) is 0.444. The Labute approximate surface area is 87.3 Å². The van der Waals surface area contributed by atoms with Gasteiger partial charge in [-0.2, -0.15) is 0 Å². The van der Waals surface area contributed by atoms with Crippen LogP contribution in [0.25, 0.3) is 0 Å². The molecule has 0 atom stereocenters. The molecule has 0 saturated carbocycles. The summed E-state index contributed by atoms with van der Waals surface area (Å²) in [6.45, 7) is 3.35. The lowest BCUT2D eigenvalue weighted by Crippen LogP contribution is -2.46. The van der Waals surface area contributed by atoms with Crippen LogP contribution in [0.15, 0.2) is 12.3 Å². The van der Waals surface area contributed by atoms with Gasteiger partial charge in [0.25, 0.3) is 5.91 Å². The van der Waals surface area contributed by atoms with E-state index in [1.807, 2.05) is 0 Å². The van der Waals surface area contributed by atoms with E-state index >= 15 is 0 Å². The molecule has 5 heteroatoms. The van der Waals surface area contributed by atoms with Crippen molar-refractivity contribution in [3.05, 3.63) is 23.0 Å². The third-order valence-corrected chi connectivity index (χ3v) is 1.96. The molecule has 0 aliphatic carbocycles. The predicted molar refractivity (Wildman–Crippen MR) is 54.4 cm³/mol. The van der Waals surface area contributed by atoms with Crippen molar-refractivity contribution in [2.45, 2.75) is 19.4 Å². The zero-order valence-electron chi connectivity index (χ0n) is 8.10. The third kappa shape index (κ3) is 2.75. The number of rotatable bonds is 3. The number of aromatic nitrogens is 1. The second kappa shape index (κ2) is 4.02. The highest BCUT2D eigenvalue weighted by atomic mass is 35.5. The molecule has 0 fully saturated rings. The molecule has 0 saturated heterocycles. The highest BCUT2D eigenvalue weighted by molar-refractivity contribution is 6.30. The SMILES string of the molecule is CC(C)(CO)NC(=O)c1cc(Cl)c[nH]1. The second-order valence-corrected chi connectivity index (χ2v) is 4.16. The van der Waals surface area contributed by atoms with Crippen LogP contribution in [0, 0.1) is 0 Å². The molecule has 0 aliphatic heterocycles. The van der Waals surface area contributed by atoms with Crippen molar-refractivity contribution < 1.29 is 9.90 Å². The van der Waals surface area contributed by atoms with Gasteiger partial charge < -0.3 is 15.4 Å². The lowest BCUT2D eigenvalue weighted by Gasteiger charge is -2.22. The van der Waals surface area contributed by atoms with Crippen LogP contribution in [0.1, 0.15) is 24.3 Å². The number of carbonyl (C=O) groups excluding carboxylic acids is 1. The maximum Gasteiger partial charge on any atom is 0.268 e. The maximum atomic E-state index is 11.5. The molecule has 78 valence electrons. The van der Waals surface area contributed by atoms with Gasteiger partial charge in [0.1, 0.15) is 5.69 Å². The van der Waals surface area contributed by atoms with E-state index in [1.165, 1.54) is 12.3 Å². The molecule has 1 aromatic rings. The molecule has 0 radical (unpaired) electrons. The van der Waals surface area contributed by atoms with Crippen molar-refractivity contribution >= 4 is 17.5 Å². The van der Waals surface area contributed by atoms with Gasteiger partial charge in [-0.05, 0) is 19.9 Å². The number of H-pyrrole nitrogens is 1. The number of nitrogens with one attached hydrogen (secondary N) is 2. The molecule has 0 bridgehead atoms. The lowest BCUT2D eigenvalue weighted by molar-refractivity contribution is 0.0865. The Balaban J connectivity index is 2.68. The van der Waals surface area contributed by atoms with E-state index in [0.717, 1.165) is 0 Å². The molecule has 1 heterocycles. The normalized spacial score (nSPS) is 11.4. The predicted octanol–water partition coefficient (Wildman–Crippen LogP) is 1.17. The molecule has 1 aromatic heterocycles. The summed E-state index contributed by atoms with van der Waals surface area (Å²) >= 11 is 5.65. The summed E-state index contributed by atoms with van der Waals surface area (Å²) in [6, 6.07) is 1.53. The Hall–Kier alpha value is -1.00. The van der Waals surface area contributed by atoms with Gasteiger partial charge in [0.05, 0.1) is 17.2 Å². The van der Waals surface area contributed by atoms with Gasteiger partial charge in [-0.3, -0.25) is 4.79 Å². The maximum absolute atomic E-state index is 11.5. The standard InChI is InChI=1S/C9H13ClN2O2/c1-9(2,5-13)12-8(14)7-3-6(10)4-11-7/h3-4,11,13H,5H2,1-2H3,(H,12,14). The van der Waals surface area contributed by atoms with Crippen LogP contribution in [0.3, 0.4) is 0 Å². The molecule has 14 heavy (non-hydrogen) atoms. The van der Waals surface area contributed by atoms with Crippen molar-refractivity contribution in [1.82, 2.24) is 10.3 Å². The van der Waals surface area contributed by atoms with Gasteiger partial charge in [0.2, 0.25) is 0 Å². The fourth-order valence-corrected chi connectivity index (χ4v) is 1.08. The Morgan fingerprint density at radius 2 is 2.36 bits per heavy atom. The zero-order valence-corrected chi connectivity index (χ0v) is 8.85. The van der Waals surface area contributed by atoms with E-state index in [0.29, 0.717) is 10.7 Å². The Kier molecular flexibility index (Phi) is 3.18.